The zero-order valence-corrected chi connectivity index (χ0v) is 21.7. The molecular weight excluding hydrogens is 460 g/mol. The number of hydrogen-bond acceptors (Lipinski definition) is 5. The Hall–Kier alpha value is -2.93. The van der Waals surface area contributed by atoms with Gasteiger partial charge in [-0.25, -0.2) is 0 Å². The summed E-state index contributed by atoms with van der Waals surface area (Å²) in [5, 5.41) is 3.43. The van der Waals surface area contributed by atoms with Crippen LogP contribution in [0.5, 0.6) is 11.5 Å². The van der Waals surface area contributed by atoms with Gasteiger partial charge in [0, 0.05) is 30.8 Å². The van der Waals surface area contributed by atoms with Gasteiger partial charge in [-0.2, -0.15) is 0 Å². The molecule has 186 valence electrons. The largest absolute Gasteiger partial charge is 0.493 e. The highest BCUT2D eigenvalue weighted by Crippen LogP contribution is 2.43. The molecule has 2 aliphatic rings. The summed E-state index contributed by atoms with van der Waals surface area (Å²) in [5.41, 5.74) is 3.32. The molecule has 2 aromatic carbocycles. The highest BCUT2D eigenvalue weighted by molar-refractivity contribution is 8.04. The molecule has 0 spiro atoms. The number of rotatable bonds is 7. The minimum Gasteiger partial charge on any atom is -0.493 e. The third-order valence-corrected chi connectivity index (χ3v) is 8.37. The van der Waals surface area contributed by atoms with Crippen LogP contribution in [0.4, 0.5) is 0 Å². The van der Waals surface area contributed by atoms with E-state index in [0.29, 0.717) is 36.1 Å². The van der Waals surface area contributed by atoms with Crippen LogP contribution in [0.25, 0.3) is 6.08 Å². The fraction of sp³-hybridized carbons (Fsp3) is 0.429. The molecule has 1 aliphatic heterocycles. The molecule has 3 unspecified atom stereocenters. The second-order valence-electron chi connectivity index (χ2n) is 9.30. The van der Waals surface area contributed by atoms with Gasteiger partial charge in [-0.15, -0.1) is 11.8 Å². The molecule has 7 heteroatoms. The number of thioether (sulfide) groups is 1. The number of ether oxygens (including phenoxy) is 2. The molecule has 0 radical (unpaired) electrons. The van der Waals surface area contributed by atoms with Crippen molar-refractivity contribution in [2.75, 3.05) is 27.8 Å². The van der Waals surface area contributed by atoms with E-state index in [2.05, 4.69) is 24.4 Å². The van der Waals surface area contributed by atoms with E-state index in [9.17, 15) is 9.59 Å². The zero-order chi connectivity index (χ0) is 24.9. The lowest BCUT2D eigenvalue weighted by atomic mass is 9.83. The molecule has 1 heterocycles. The minimum atomic E-state index is -0.0693. The molecule has 0 aromatic heterocycles. The first-order valence-corrected chi connectivity index (χ1v) is 13.0. The average molecular weight is 495 g/mol. The number of fused-ring (bicyclic) bond motifs is 1. The first kappa shape index (κ1) is 25.2. The molecule has 1 aliphatic carbocycles. The van der Waals surface area contributed by atoms with Gasteiger partial charge in [0.15, 0.2) is 11.5 Å². The number of methoxy groups -OCH3 is 2. The van der Waals surface area contributed by atoms with Gasteiger partial charge in [0.25, 0.3) is 5.91 Å². The predicted molar refractivity (Wildman–Crippen MR) is 141 cm³/mol. The quantitative estimate of drug-likeness (QED) is 0.576. The van der Waals surface area contributed by atoms with E-state index in [1.807, 2.05) is 48.4 Å². The fourth-order valence-electron chi connectivity index (χ4n) is 4.86. The van der Waals surface area contributed by atoms with Crippen LogP contribution in [0.3, 0.4) is 0 Å². The maximum absolute atomic E-state index is 13.1. The maximum atomic E-state index is 13.1. The standard InChI is InChI=1S/C28H34N2O4S/c1-18-5-7-19(8-6-18)16-26-28(32)30(2)22-17-21(10-12-25(22)35-26)27(31)29-14-13-20-9-11-23(33-3)24(15-20)34-4/h5-9,11,15-16,21-22,25H,10,12-14,17H2,1-4H3,(H,29,31)/b26-16-. The number of aryl methyl sites for hydroxylation is 1. The van der Waals surface area contributed by atoms with E-state index in [-0.39, 0.29) is 23.8 Å². The van der Waals surface area contributed by atoms with Crippen LogP contribution in [0.15, 0.2) is 47.4 Å². The molecule has 0 bridgehead atoms. The van der Waals surface area contributed by atoms with Gasteiger partial charge in [0.05, 0.1) is 19.1 Å². The Bertz CT molecular complexity index is 1100. The van der Waals surface area contributed by atoms with E-state index in [0.717, 1.165) is 28.9 Å². The Morgan fingerprint density at radius 2 is 1.86 bits per heavy atom. The summed E-state index contributed by atoms with van der Waals surface area (Å²) < 4.78 is 10.6. The molecule has 2 fully saturated rings. The molecular formula is C28H34N2O4S. The minimum absolute atomic E-state index is 0.0475. The highest BCUT2D eigenvalue weighted by atomic mass is 32.2. The van der Waals surface area contributed by atoms with Crippen molar-refractivity contribution in [3.63, 3.8) is 0 Å². The van der Waals surface area contributed by atoms with Gasteiger partial charge >= 0.3 is 0 Å². The fourth-order valence-corrected chi connectivity index (χ4v) is 6.34. The Kier molecular flexibility index (Phi) is 8.06. The van der Waals surface area contributed by atoms with Crippen LogP contribution in [-0.2, 0) is 16.0 Å². The number of likely N-dealkylation sites (N-methyl/N-ethyl adjacent to an activating group) is 1. The van der Waals surface area contributed by atoms with Crippen LogP contribution in [0.2, 0.25) is 0 Å². The van der Waals surface area contributed by atoms with Crippen LogP contribution in [0, 0.1) is 12.8 Å². The number of nitrogens with one attached hydrogen (secondary N) is 1. The Labute approximate surface area is 212 Å². The number of hydrogen-bond donors (Lipinski definition) is 1. The van der Waals surface area contributed by atoms with Crippen molar-refractivity contribution in [2.24, 2.45) is 5.92 Å². The van der Waals surface area contributed by atoms with Crippen LogP contribution in [-0.4, -0.2) is 55.8 Å². The van der Waals surface area contributed by atoms with E-state index < -0.39 is 0 Å². The molecule has 6 nitrogen and oxygen atoms in total. The van der Waals surface area contributed by atoms with Gasteiger partial charge in [0.1, 0.15) is 0 Å². The van der Waals surface area contributed by atoms with E-state index in [4.69, 9.17) is 9.47 Å². The number of carbonyl (C=O) groups excluding carboxylic acids is 2. The normalized spacial score (nSPS) is 23.1. The molecule has 4 rings (SSSR count). The lowest BCUT2D eigenvalue weighted by Crippen LogP contribution is -2.52. The van der Waals surface area contributed by atoms with Crippen LogP contribution in [0.1, 0.15) is 36.0 Å². The summed E-state index contributed by atoms with van der Waals surface area (Å²) in [5.74, 6) is 1.44. The number of amides is 2. The molecule has 35 heavy (non-hydrogen) atoms. The van der Waals surface area contributed by atoms with E-state index in [1.165, 1.54) is 5.56 Å². The van der Waals surface area contributed by atoms with Crippen molar-refractivity contribution in [3.8, 4) is 11.5 Å². The molecule has 1 saturated heterocycles. The molecule has 2 amide bonds. The number of nitrogens with zero attached hydrogens (tertiary/aromatic N) is 1. The summed E-state index contributed by atoms with van der Waals surface area (Å²) in [6.07, 6.45) is 5.18. The number of carbonyl (C=O) groups is 2. The van der Waals surface area contributed by atoms with Crippen molar-refractivity contribution in [2.45, 2.75) is 43.9 Å². The maximum Gasteiger partial charge on any atom is 0.260 e. The van der Waals surface area contributed by atoms with Gasteiger partial charge < -0.3 is 19.7 Å². The Morgan fingerprint density at radius 3 is 2.57 bits per heavy atom. The van der Waals surface area contributed by atoms with E-state index >= 15 is 0 Å². The topological polar surface area (TPSA) is 67.9 Å². The zero-order valence-electron chi connectivity index (χ0n) is 20.9. The third-order valence-electron chi connectivity index (χ3n) is 6.97. The molecule has 3 atom stereocenters. The van der Waals surface area contributed by atoms with Crippen LogP contribution >= 0.6 is 11.8 Å². The van der Waals surface area contributed by atoms with Crippen molar-refractivity contribution in [1.29, 1.82) is 0 Å². The van der Waals surface area contributed by atoms with Gasteiger partial charge in [-0.05, 0) is 61.9 Å². The average Bonchev–Trinajstić information content (AvgIpc) is 2.88. The van der Waals surface area contributed by atoms with Crippen molar-refractivity contribution in [1.82, 2.24) is 10.2 Å². The first-order valence-electron chi connectivity index (χ1n) is 12.1. The number of benzene rings is 2. The summed E-state index contributed by atoms with van der Waals surface area (Å²) in [4.78, 5) is 28.6. The third kappa shape index (κ3) is 5.84. The lowest BCUT2D eigenvalue weighted by molar-refractivity contribution is -0.131. The van der Waals surface area contributed by atoms with Crippen molar-refractivity contribution < 1.29 is 19.1 Å². The SMILES string of the molecule is COc1ccc(CCNC(=O)C2CCC3S/C(=C\c4ccc(C)cc4)C(=O)N(C)C3C2)cc1OC. The molecule has 2 aromatic rings. The van der Waals surface area contributed by atoms with Crippen molar-refractivity contribution in [3.05, 3.63) is 64.1 Å². The second kappa shape index (κ2) is 11.2. The highest BCUT2D eigenvalue weighted by Gasteiger charge is 2.42. The summed E-state index contributed by atoms with van der Waals surface area (Å²) in [7, 11) is 5.11. The summed E-state index contributed by atoms with van der Waals surface area (Å²) in [6.45, 7) is 2.62. The van der Waals surface area contributed by atoms with Gasteiger partial charge in [-0.1, -0.05) is 35.9 Å². The monoisotopic (exact) mass is 494 g/mol. The van der Waals surface area contributed by atoms with E-state index in [1.54, 1.807) is 26.0 Å². The Balaban J connectivity index is 1.32. The van der Waals surface area contributed by atoms with Gasteiger partial charge in [-0.3, -0.25) is 9.59 Å². The van der Waals surface area contributed by atoms with Gasteiger partial charge in [0.2, 0.25) is 5.91 Å². The molecule has 1 N–H and O–H groups in total. The first-order chi connectivity index (χ1) is 16.9. The lowest BCUT2D eigenvalue weighted by Gasteiger charge is -2.44. The summed E-state index contributed by atoms with van der Waals surface area (Å²) >= 11 is 1.68. The Morgan fingerprint density at radius 1 is 1.11 bits per heavy atom. The van der Waals surface area contributed by atoms with Crippen LogP contribution < -0.4 is 14.8 Å². The summed E-state index contributed by atoms with van der Waals surface area (Å²) in [6, 6.07) is 14.1. The van der Waals surface area contributed by atoms with Crippen molar-refractivity contribution >= 4 is 29.7 Å². The molecule has 1 saturated carbocycles. The second-order valence-corrected chi connectivity index (χ2v) is 10.6. The smallest absolute Gasteiger partial charge is 0.260 e. The predicted octanol–water partition coefficient (Wildman–Crippen LogP) is 4.45.